The average molecular weight is 1160 g/mol. The van der Waals surface area contributed by atoms with Gasteiger partial charge >= 0.3 is 19.5 Å². The van der Waals surface area contributed by atoms with Crippen LogP contribution in [0.25, 0.3) is 58.5 Å². The van der Waals surface area contributed by atoms with E-state index in [9.17, 15) is 14.4 Å². The van der Waals surface area contributed by atoms with Crippen molar-refractivity contribution in [3.63, 3.8) is 0 Å². The van der Waals surface area contributed by atoms with Gasteiger partial charge in [-0.15, -0.1) is 22.1 Å². The largest absolute Gasteiger partial charge is 2.00 e. The topological polar surface area (TPSA) is 130 Å². The van der Waals surface area contributed by atoms with Gasteiger partial charge in [0.1, 0.15) is 15.8 Å². The van der Waals surface area contributed by atoms with E-state index in [0.29, 0.717) is 85.5 Å². The van der Waals surface area contributed by atoms with Crippen LogP contribution in [0.5, 0.6) is 11.5 Å². The molecule has 0 radical (unpaired) electrons. The maximum absolute atomic E-state index is 13.2. The van der Waals surface area contributed by atoms with Crippen molar-refractivity contribution in [1.82, 2.24) is 29.7 Å². The minimum absolute atomic E-state index is 0. The molecule has 0 unspecified atom stereocenters. The Kier molecular flexibility index (Phi) is 19.6. The van der Waals surface area contributed by atoms with Crippen LogP contribution < -0.4 is 19.4 Å². The van der Waals surface area contributed by atoms with E-state index >= 15 is 0 Å². The number of hydrogen-bond acceptors (Lipinski definition) is 10. The first kappa shape index (κ1) is 58.4. The summed E-state index contributed by atoms with van der Waals surface area (Å²) in [6, 6.07) is 15.8. The number of amides is 3. The SMILES string of the molecule is CCCCCCOc1cc(/C=C2\SC(=S)N(CC)C2=O)c(C)cc1C#Cc1c2nc(c(C)c3ccc([n-]3)c(C#Cc3cc(OCCCCCC)c(/C=C4\SC(=O)N(CC)C4=O)cc3C)c3nc(c(C)c4ccc1[n-]4)C=C3)C=C2.[Zn+2]. The Hall–Kier alpha value is -6.74. The van der Waals surface area contributed by atoms with E-state index in [1.54, 1.807) is 17.9 Å². The molecule has 8 bridgehead atoms. The van der Waals surface area contributed by atoms with Crippen LogP contribution in [-0.4, -0.2) is 67.4 Å². The first-order valence-corrected chi connectivity index (χ1v) is 28.9. The van der Waals surface area contributed by atoms with Gasteiger partial charge in [0, 0.05) is 35.3 Å². The number of carbonyl (C=O) groups excluding carboxylic acids is 3. The van der Waals surface area contributed by atoms with E-state index in [-0.39, 0.29) is 36.5 Å². The van der Waals surface area contributed by atoms with Crippen LogP contribution in [0.4, 0.5) is 4.79 Å². The minimum Gasteiger partial charge on any atom is -0.657 e. The molecule has 0 N–H and O–H groups in total. The summed E-state index contributed by atoms with van der Waals surface area (Å²) in [6.45, 7) is 18.0. The third-order valence-electron chi connectivity index (χ3n) is 14.0. The van der Waals surface area contributed by atoms with Crippen molar-refractivity contribution in [3.8, 4) is 35.2 Å². The predicted molar refractivity (Wildman–Crippen MR) is 324 cm³/mol. The van der Waals surface area contributed by atoms with Gasteiger partial charge in [0.05, 0.1) is 51.4 Å². The van der Waals surface area contributed by atoms with Gasteiger partial charge in [-0.25, -0.2) is 9.97 Å². The van der Waals surface area contributed by atoms with E-state index < -0.39 is 0 Å². The number of aromatic nitrogens is 4. The van der Waals surface area contributed by atoms with E-state index in [1.807, 2.05) is 114 Å². The molecular weight excluding hydrogens is 1090 g/mol. The molecule has 5 aromatic rings. The molecule has 9 rings (SSSR count). The zero-order valence-electron chi connectivity index (χ0n) is 46.2. The Bertz CT molecular complexity index is 3710. The number of nitrogens with zero attached hydrogens (tertiary/aromatic N) is 6. The zero-order chi connectivity index (χ0) is 55.0. The summed E-state index contributed by atoms with van der Waals surface area (Å²) in [6.07, 6.45) is 20.0. The van der Waals surface area contributed by atoms with Gasteiger partial charge in [0.2, 0.25) is 0 Å². The van der Waals surface area contributed by atoms with Crippen molar-refractivity contribution >= 4 is 116 Å². The summed E-state index contributed by atoms with van der Waals surface area (Å²) in [4.78, 5) is 63.5. The Morgan fingerprint density at radius 2 is 1.06 bits per heavy atom. The van der Waals surface area contributed by atoms with Crippen LogP contribution in [0.2, 0.25) is 0 Å². The van der Waals surface area contributed by atoms with Crippen molar-refractivity contribution in [3.05, 3.63) is 137 Å². The molecule has 3 amide bonds. The standard InChI is InChI=1S/C64H63N6O5S3.Zn/c1-9-13-15-17-31-74-57-36-45(37-60-62(72)70(12-4)64(76)78-60)40(6)33-44(57)20-22-48-55-29-25-51(67-55)41(7)49-23-27-53(65-49)47(54-28-24-50(66-54)42(8)52-26-30-56(48)68-52)21-19-43-35-58(75-32-18-16-14-10-2)46(34-39(43)5)38-59-61(71)69(11-3)63(73)77-59;/h23-30,33-38H,9-18,31-32H2,1-8H3,(H-,65,66,67,68,71,72);/q-1;+2/p-1. The van der Waals surface area contributed by atoms with Gasteiger partial charge in [-0.3, -0.25) is 24.2 Å². The first-order chi connectivity index (χ1) is 37.8. The third kappa shape index (κ3) is 13.1. The number of unbranched alkanes of at least 4 members (excludes halogenated alkanes) is 6. The third-order valence-corrected chi connectivity index (χ3v) is 16.2. The molecule has 15 heteroatoms. The summed E-state index contributed by atoms with van der Waals surface area (Å²) in [7, 11) is 0. The normalized spacial score (nSPS) is 14.8. The summed E-state index contributed by atoms with van der Waals surface area (Å²) in [5, 5.41) is -0.276. The molecule has 2 fully saturated rings. The Labute approximate surface area is 490 Å². The van der Waals surface area contributed by atoms with E-state index in [4.69, 9.17) is 41.6 Å². The Balaban J connectivity index is 0.00000822. The Morgan fingerprint density at radius 1 is 0.557 bits per heavy atom. The molecule has 2 aromatic carbocycles. The number of thiocarbonyl (C=S) groups is 1. The average Bonchev–Trinajstić information content (AvgIpc) is 4.34. The van der Waals surface area contributed by atoms with Gasteiger partial charge in [0.15, 0.2) is 0 Å². The van der Waals surface area contributed by atoms with Crippen LogP contribution in [0, 0.1) is 51.4 Å². The van der Waals surface area contributed by atoms with Gasteiger partial charge in [-0.05, 0) is 155 Å². The van der Waals surface area contributed by atoms with Crippen molar-refractivity contribution in [2.24, 2.45) is 0 Å². The fraction of sp³-hybridized carbons (Fsp3) is 0.312. The van der Waals surface area contributed by atoms with Crippen molar-refractivity contribution in [2.45, 2.75) is 107 Å². The quantitative estimate of drug-likeness (QED) is 0.0300. The van der Waals surface area contributed by atoms with Gasteiger partial charge in [-0.2, -0.15) is 0 Å². The summed E-state index contributed by atoms with van der Waals surface area (Å²) >= 11 is 7.78. The molecule has 79 heavy (non-hydrogen) atoms. The number of carbonyl (C=O) groups is 3. The second-order valence-corrected chi connectivity index (χ2v) is 22.1. The molecule has 4 aliphatic rings. The Morgan fingerprint density at radius 3 is 1.61 bits per heavy atom. The maximum atomic E-state index is 13.2. The fourth-order valence-electron chi connectivity index (χ4n) is 9.29. The van der Waals surface area contributed by atoms with Gasteiger partial charge in [-0.1, -0.05) is 124 Å². The molecule has 0 atom stereocenters. The van der Waals surface area contributed by atoms with E-state index in [1.165, 1.54) is 16.7 Å². The zero-order valence-corrected chi connectivity index (χ0v) is 51.6. The maximum Gasteiger partial charge on any atom is 2.00 e. The second-order valence-electron chi connectivity index (χ2n) is 19.4. The molecule has 3 aromatic heterocycles. The number of ether oxygens (including phenoxy) is 2. The summed E-state index contributed by atoms with van der Waals surface area (Å²) in [5.41, 5.74) is 13.6. The minimum atomic E-state index is -0.301. The molecular formula is C64H62N6O5S3Zn. The van der Waals surface area contributed by atoms with Crippen LogP contribution in [0.1, 0.15) is 157 Å². The molecule has 2 saturated heterocycles. The van der Waals surface area contributed by atoms with Crippen molar-refractivity contribution in [1.29, 1.82) is 0 Å². The van der Waals surface area contributed by atoms with E-state index in [0.717, 1.165) is 130 Å². The molecule has 11 nitrogen and oxygen atoms in total. The molecule has 7 heterocycles. The molecule has 0 aliphatic carbocycles. The predicted octanol–water partition coefficient (Wildman–Crippen LogP) is 14.1. The van der Waals surface area contributed by atoms with Crippen molar-refractivity contribution in [2.75, 3.05) is 26.3 Å². The molecule has 398 valence electrons. The number of likely N-dealkylation sites (N-methyl/N-ethyl adjacent to an activating group) is 2. The molecule has 0 spiro atoms. The van der Waals surface area contributed by atoms with Crippen molar-refractivity contribution < 1.29 is 43.3 Å². The number of rotatable bonds is 16. The second kappa shape index (κ2) is 26.5. The van der Waals surface area contributed by atoms with Crippen LogP contribution in [-0.2, 0) is 29.1 Å². The number of imide groups is 1. The first-order valence-electron chi connectivity index (χ1n) is 26.9. The summed E-state index contributed by atoms with van der Waals surface area (Å²) in [5.74, 6) is 14.8. The monoisotopic (exact) mass is 1150 g/mol. The number of aryl methyl sites for hydroxylation is 4. The fourth-order valence-corrected chi connectivity index (χ4v) is 11.6. The number of thioether (sulfide) groups is 2. The van der Waals surface area contributed by atoms with Crippen LogP contribution >= 0.6 is 35.7 Å². The van der Waals surface area contributed by atoms with Gasteiger partial charge < -0.3 is 19.4 Å². The summed E-state index contributed by atoms with van der Waals surface area (Å²) < 4.78 is 13.5. The number of fused-ring (bicyclic) bond motifs is 8. The van der Waals surface area contributed by atoms with Crippen LogP contribution in [0.3, 0.4) is 0 Å². The molecule has 4 aliphatic heterocycles. The number of hydrogen-bond donors (Lipinski definition) is 0. The van der Waals surface area contributed by atoms with Crippen LogP contribution in [0.15, 0.2) is 58.3 Å². The van der Waals surface area contributed by atoms with Gasteiger partial charge in [0.25, 0.3) is 17.1 Å². The molecule has 0 saturated carbocycles. The number of benzene rings is 2. The smallest absolute Gasteiger partial charge is 0.657 e. The van der Waals surface area contributed by atoms with E-state index in [2.05, 4.69) is 37.5 Å².